The Bertz CT molecular complexity index is 283. The molecule has 18 heavy (non-hydrogen) atoms. The summed E-state index contributed by atoms with van der Waals surface area (Å²) in [5.41, 5.74) is 2.51. The predicted octanol–water partition coefficient (Wildman–Crippen LogP) is 0.789. The Balaban J connectivity index is 2.36. The van der Waals surface area contributed by atoms with Crippen molar-refractivity contribution in [1.82, 2.24) is 0 Å². The van der Waals surface area contributed by atoms with E-state index in [1.54, 1.807) is 0 Å². The maximum atomic E-state index is 8.62. The van der Waals surface area contributed by atoms with E-state index in [9.17, 15) is 0 Å². The van der Waals surface area contributed by atoms with E-state index in [0.717, 1.165) is 12.8 Å². The molecule has 0 fully saturated rings. The zero-order valence-electron chi connectivity index (χ0n) is 10.7. The molecule has 0 aliphatic heterocycles. The third-order valence-electron chi connectivity index (χ3n) is 2.62. The Labute approximate surface area is 108 Å². The third kappa shape index (κ3) is 6.12. The van der Waals surface area contributed by atoms with E-state index in [1.807, 2.05) is 12.1 Å². The summed E-state index contributed by atoms with van der Waals surface area (Å²) in [4.78, 5) is 0. The van der Waals surface area contributed by atoms with Crippen LogP contribution in [0.4, 0.5) is 0 Å². The number of aliphatic hydroxyl groups is 2. The van der Waals surface area contributed by atoms with Gasteiger partial charge in [-0.3, -0.25) is 0 Å². The van der Waals surface area contributed by atoms with E-state index in [0.29, 0.717) is 26.4 Å². The molecule has 4 nitrogen and oxygen atoms in total. The van der Waals surface area contributed by atoms with Gasteiger partial charge in [0.1, 0.15) is 0 Å². The lowest BCUT2D eigenvalue weighted by molar-refractivity contribution is 0.0922. The fourth-order valence-corrected chi connectivity index (χ4v) is 1.74. The Morgan fingerprint density at radius 1 is 0.722 bits per heavy atom. The van der Waals surface area contributed by atoms with Crippen LogP contribution in [0.3, 0.4) is 0 Å². The molecule has 0 aliphatic rings. The van der Waals surface area contributed by atoms with Gasteiger partial charge in [-0.05, 0) is 24.0 Å². The van der Waals surface area contributed by atoms with E-state index >= 15 is 0 Å². The number of aliphatic hydroxyl groups excluding tert-OH is 2. The molecule has 1 aromatic rings. The second-order valence-electron chi connectivity index (χ2n) is 3.94. The topological polar surface area (TPSA) is 58.9 Å². The van der Waals surface area contributed by atoms with Crippen molar-refractivity contribution in [2.24, 2.45) is 0 Å². The van der Waals surface area contributed by atoms with Gasteiger partial charge in [0.2, 0.25) is 0 Å². The molecule has 0 saturated carbocycles. The molecular formula is C14H22O4. The minimum absolute atomic E-state index is 0.0661. The van der Waals surface area contributed by atoms with Crippen molar-refractivity contribution < 1.29 is 19.7 Å². The van der Waals surface area contributed by atoms with Crippen LogP contribution in [0.15, 0.2) is 24.3 Å². The second kappa shape index (κ2) is 10.0. The van der Waals surface area contributed by atoms with Gasteiger partial charge < -0.3 is 19.7 Å². The molecular weight excluding hydrogens is 232 g/mol. The maximum absolute atomic E-state index is 8.62. The first-order valence-electron chi connectivity index (χ1n) is 6.32. The van der Waals surface area contributed by atoms with E-state index in [1.165, 1.54) is 11.1 Å². The smallest absolute Gasteiger partial charge is 0.0697 e. The summed E-state index contributed by atoms with van der Waals surface area (Å²) in [6.07, 6.45) is 1.69. The molecule has 0 radical (unpaired) electrons. The molecule has 1 rings (SSSR count). The highest BCUT2D eigenvalue weighted by molar-refractivity contribution is 5.27. The van der Waals surface area contributed by atoms with Gasteiger partial charge in [-0.1, -0.05) is 24.3 Å². The first kappa shape index (κ1) is 15.1. The minimum Gasteiger partial charge on any atom is -0.394 e. The largest absolute Gasteiger partial charge is 0.394 e. The van der Waals surface area contributed by atoms with Gasteiger partial charge >= 0.3 is 0 Å². The van der Waals surface area contributed by atoms with E-state index < -0.39 is 0 Å². The lowest BCUT2D eigenvalue weighted by Gasteiger charge is -2.10. The Morgan fingerprint density at radius 2 is 1.17 bits per heavy atom. The highest BCUT2D eigenvalue weighted by Gasteiger charge is 2.02. The number of hydrogen-bond acceptors (Lipinski definition) is 4. The fourth-order valence-electron chi connectivity index (χ4n) is 1.74. The second-order valence-corrected chi connectivity index (χ2v) is 3.94. The molecule has 102 valence electrons. The number of hydrogen-bond donors (Lipinski definition) is 2. The van der Waals surface area contributed by atoms with Crippen LogP contribution in [-0.2, 0) is 22.3 Å². The molecule has 0 unspecified atom stereocenters. The maximum Gasteiger partial charge on any atom is 0.0697 e. The number of ether oxygens (including phenoxy) is 2. The molecule has 2 N–H and O–H groups in total. The van der Waals surface area contributed by atoms with Gasteiger partial charge in [0.05, 0.1) is 39.6 Å². The minimum atomic E-state index is 0.0661. The Morgan fingerprint density at radius 3 is 1.56 bits per heavy atom. The molecule has 0 bridgehead atoms. The van der Waals surface area contributed by atoms with Gasteiger partial charge in [-0.2, -0.15) is 0 Å². The van der Waals surface area contributed by atoms with Crippen LogP contribution in [-0.4, -0.2) is 49.9 Å². The zero-order valence-corrected chi connectivity index (χ0v) is 10.7. The van der Waals surface area contributed by atoms with Crippen molar-refractivity contribution in [1.29, 1.82) is 0 Å². The van der Waals surface area contributed by atoms with Gasteiger partial charge in [-0.15, -0.1) is 0 Å². The van der Waals surface area contributed by atoms with E-state index in [-0.39, 0.29) is 13.2 Å². The third-order valence-corrected chi connectivity index (χ3v) is 2.62. The van der Waals surface area contributed by atoms with Crippen LogP contribution in [0, 0.1) is 0 Å². The van der Waals surface area contributed by atoms with Crippen molar-refractivity contribution in [2.75, 3.05) is 39.6 Å². The van der Waals surface area contributed by atoms with E-state index in [2.05, 4.69) is 12.1 Å². The molecule has 0 spiro atoms. The molecule has 0 saturated heterocycles. The van der Waals surface area contributed by atoms with Crippen LogP contribution in [0.25, 0.3) is 0 Å². The molecule has 4 heteroatoms. The van der Waals surface area contributed by atoms with Gasteiger partial charge in [-0.25, -0.2) is 0 Å². The van der Waals surface area contributed by atoms with Crippen LogP contribution in [0.5, 0.6) is 0 Å². The molecule has 1 aromatic carbocycles. The van der Waals surface area contributed by atoms with Crippen LogP contribution < -0.4 is 0 Å². The Hall–Kier alpha value is -0.940. The van der Waals surface area contributed by atoms with E-state index in [4.69, 9.17) is 19.7 Å². The standard InChI is InChI=1S/C14H22O4/c15-7-11-17-9-5-13-3-1-2-4-14(13)6-10-18-12-8-16/h1-4,15-16H,5-12H2. The summed E-state index contributed by atoms with van der Waals surface area (Å²) in [5.74, 6) is 0. The fraction of sp³-hybridized carbons (Fsp3) is 0.571. The first-order chi connectivity index (χ1) is 8.88. The zero-order chi connectivity index (χ0) is 13.1. The normalized spacial score (nSPS) is 10.8. The summed E-state index contributed by atoms with van der Waals surface area (Å²) in [5, 5.41) is 17.2. The molecule has 0 aliphatic carbocycles. The van der Waals surface area contributed by atoms with Crippen LogP contribution >= 0.6 is 0 Å². The summed E-state index contributed by atoms with van der Waals surface area (Å²) >= 11 is 0. The van der Waals surface area contributed by atoms with Crippen molar-refractivity contribution in [2.45, 2.75) is 12.8 Å². The first-order valence-corrected chi connectivity index (χ1v) is 6.32. The van der Waals surface area contributed by atoms with Gasteiger partial charge in [0.15, 0.2) is 0 Å². The Kier molecular flexibility index (Phi) is 8.42. The number of rotatable bonds is 10. The highest BCUT2D eigenvalue weighted by atomic mass is 16.5. The van der Waals surface area contributed by atoms with Gasteiger partial charge in [0.25, 0.3) is 0 Å². The molecule has 0 amide bonds. The molecule has 0 heterocycles. The lowest BCUT2D eigenvalue weighted by atomic mass is 10.0. The van der Waals surface area contributed by atoms with Crippen LogP contribution in [0.2, 0.25) is 0 Å². The predicted molar refractivity (Wildman–Crippen MR) is 69.7 cm³/mol. The van der Waals surface area contributed by atoms with Crippen molar-refractivity contribution in [3.63, 3.8) is 0 Å². The quantitative estimate of drug-likeness (QED) is 0.606. The highest BCUT2D eigenvalue weighted by Crippen LogP contribution is 2.10. The van der Waals surface area contributed by atoms with Gasteiger partial charge in [0, 0.05) is 0 Å². The monoisotopic (exact) mass is 254 g/mol. The van der Waals surface area contributed by atoms with Crippen molar-refractivity contribution >= 4 is 0 Å². The van der Waals surface area contributed by atoms with Crippen LogP contribution in [0.1, 0.15) is 11.1 Å². The summed E-state index contributed by atoms with van der Waals surface area (Å²) < 4.78 is 10.5. The molecule has 0 atom stereocenters. The van der Waals surface area contributed by atoms with Crippen molar-refractivity contribution in [3.05, 3.63) is 35.4 Å². The lowest BCUT2D eigenvalue weighted by Crippen LogP contribution is -2.07. The average molecular weight is 254 g/mol. The number of benzene rings is 1. The van der Waals surface area contributed by atoms with Crippen molar-refractivity contribution in [3.8, 4) is 0 Å². The SMILES string of the molecule is OCCOCCc1ccccc1CCOCCO. The summed E-state index contributed by atoms with van der Waals surface area (Å²) in [6, 6.07) is 8.20. The summed E-state index contributed by atoms with van der Waals surface area (Å²) in [7, 11) is 0. The summed E-state index contributed by atoms with van der Waals surface area (Å²) in [6.45, 7) is 2.15. The molecule has 0 aromatic heterocycles. The average Bonchev–Trinajstić information content (AvgIpc) is 2.41.